The van der Waals surface area contributed by atoms with E-state index in [4.69, 9.17) is 0 Å². The fourth-order valence-corrected chi connectivity index (χ4v) is 2.79. The van der Waals surface area contributed by atoms with Crippen molar-refractivity contribution in [3.63, 3.8) is 0 Å². The van der Waals surface area contributed by atoms with E-state index in [1.807, 2.05) is 0 Å². The van der Waals surface area contributed by atoms with Crippen molar-refractivity contribution < 1.29 is 0 Å². The van der Waals surface area contributed by atoms with E-state index in [0.717, 1.165) is 13.0 Å². The molecule has 0 bridgehead atoms. The van der Waals surface area contributed by atoms with Crippen LogP contribution in [0.2, 0.25) is 0 Å². The number of H-pyrrole nitrogens is 1. The second-order valence-corrected chi connectivity index (χ2v) is 4.77. The molecule has 0 atom stereocenters. The van der Waals surface area contributed by atoms with Crippen molar-refractivity contribution in [1.29, 1.82) is 0 Å². The quantitative estimate of drug-likeness (QED) is 0.677. The Balaban J connectivity index is 1.85. The molecule has 88 valence electrons. The molecule has 1 aliphatic heterocycles. The first kappa shape index (κ1) is 9.77. The fraction of sp³-hybridized carbons (Fsp3) is 0.125. The van der Waals surface area contributed by atoms with Crippen molar-refractivity contribution in [3.8, 4) is 0 Å². The molecule has 1 aromatic heterocycles. The third kappa shape index (κ3) is 1.35. The minimum Gasteiger partial charge on any atom is -0.341 e. The van der Waals surface area contributed by atoms with Crippen molar-refractivity contribution in [1.82, 2.24) is 4.98 Å². The normalized spacial score (nSPS) is 14.1. The summed E-state index contributed by atoms with van der Waals surface area (Å²) in [5, 5.41) is 1.27. The van der Waals surface area contributed by atoms with E-state index < -0.39 is 0 Å². The van der Waals surface area contributed by atoms with Crippen LogP contribution in [0.5, 0.6) is 0 Å². The maximum Gasteiger partial charge on any atom is 0.111 e. The van der Waals surface area contributed by atoms with E-state index in [2.05, 4.69) is 64.5 Å². The van der Waals surface area contributed by atoms with E-state index in [1.54, 1.807) is 0 Å². The molecule has 0 saturated carbocycles. The summed E-state index contributed by atoms with van der Waals surface area (Å²) in [6.45, 7) is 1.06. The Morgan fingerprint density at radius 3 is 2.72 bits per heavy atom. The number of hydrogen-bond donors (Lipinski definition) is 1. The molecule has 2 heterocycles. The lowest BCUT2D eigenvalue weighted by molar-refractivity contribution is 0.984. The van der Waals surface area contributed by atoms with Gasteiger partial charge < -0.3 is 9.88 Å². The van der Waals surface area contributed by atoms with Gasteiger partial charge in [-0.3, -0.25) is 0 Å². The van der Waals surface area contributed by atoms with E-state index >= 15 is 0 Å². The second-order valence-electron chi connectivity index (χ2n) is 4.77. The number of aromatic amines is 1. The maximum absolute atomic E-state index is 3.50. The van der Waals surface area contributed by atoms with Crippen LogP contribution in [0.4, 0.5) is 11.5 Å². The maximum atomic E-state index is 3.50. The highest BCUT2D eigenvalue weighted by Gasteiger charge is 2.20. The van der Waals surface area contributed by atoms with E-state index in [9.17, 15) is 0 Å². The number of rotatable bonds is 1. The topological polar surface area (TPSA) is 19.0 Å². The standard InChI is InChI=1S/C16H14N2/c1-3-7-14-13(6-1)11-16(17-14)18-10-9-12-5-2-4-8-15(12)18/h1-8,11,17H,9-10H2. The molecule has 0 aliphatic carbocycles. The van der Waals surface area contributed by atoms with Crippen LogP contribution in [0.3, 0.4) is 0 Å². The summed E-state index contributed by atoms with van der Waals surface area (Å²) < 4.78 is 0. The summed E-state index contributed by atoms with van der Waals surface area (Å²) in [5.41, 5.74) is 3.98. The van der Waals surface area contributed by atoms with Gasteiger partial charge >= 0.3 is 0 Å². The van der Waals surface area contributed by atoms with Gasteiger partial charge in [0.1, 0.15) is 5.82 Å². The SMILES string of the molecule is c1ccc2c(c1)CCN2c1cc2ccccc2[nH]1. The number of nitrogens with zero attached hydrogens (tertiary/aromatic N) is 1. The van der Waals surface area contributed by atoms with Crippen LogP contribution in [0, 0.1) is 0 Å². The molecule has 18 heavy (non-hydrogen) atoms. The minimum absolute atomic E-state index is 1.06. The Morgan fingerprint density at radius 1 is 0.944 bits per heavy atom. The average molecular weight is 234 g/mol. The molecular weight excluding hydrogens is 220 g/mol. The molecule has 2 heteroatoms. The summed E-state index contributed by atoms with van der Waals surface area (Å²) >= 11 is 0. The lowest BCUT2D eigenvalue weighted by atomic mass is 10.2. The van der Waals surface area contributed by atoms with Crippen LogP contribution < -0.4 is 4.90 Å². The predicted octanol–water partition coefficient (Wildman–Crippen LogP) is 3.86. The summed E-state index contributed by atoms with van der Waals surface area (Å²) in [7, 11) is 0. The van der Waals surface area contributed by atoms with Gasteiger partial charge in [-0.1, -0.05) is 36.4 Å². The largest absolute Gasteiger partial charge is 0.341 e. The highest BCUT2D eigenvalue weighted by Crippen LogP contribution is 2.34. The number of hydrogen-bond acceptors (Lipinski definition) is 1. The Bertz CT molecular complexity index is 679. The van der Waals surface area contributed by atoms with Crippen molar-refractivity contribution in [2.24, 2.45) is 0 Å². The van der Waals surface area contributed by atoms with Gasteiger partial charge in [-0.05, 0) is 30.2 Å². The average Bonchev–Trinajstić information content (AvgIpc) is 3.02. The molecule has 2 nitrogen and oxygen atoms in total. The number of nitrogens with one attached hydrogen (secondary N) is 1. The van der Waals surface area contributed by atoms with Crippen molar-refractivity contribution in [3.05, 3.63) is 60.2 Å². The summed E-state index contributed by atoms with van der Waals surface area (Å²) in [5.74, 6) is 1.20. The molecule has 0 fully saturated rings. The van der Waals surface area contributed by atoms with E-state index in [1.165, 1.54) is 28.0 Å². The molecule has 4 rings (SSSR count). The summed E-state index contributed by atoms with van der Waals surface area (Å²) in [6, 6.07) is 19.3. The summed E-state index contributed by atoms with van der Waals surface area (Å²) in [6.07, 6.45) is 1.13. The van der Waals surface area contributed by atoms with Gasteiger partial charge in [0.25, 0.3) is 0 Å². The van der Waals surface area contributed by atoms with Gasteiger partial charge in [-0.2, -0.15) is 0 Å². The molecule has 0 radical (unpaired) electrons. The van der Waals surface area contributed by atoms with Gasteiger partial charge in [0.2, 0.25) is 0 Å². The second kappa shape index (κ2) is 3.64. The minimum atomic E-state index is 1.06. The molecule has 0 unspecified atom stereocenters. The Labute approximate surface area is 106 Å². The lowest BCUT2D eigenvalue weighted by Crippen LogP contribution is -2.13. The zero-order valence-electron chi connectivity index (χ0n) is 10.1. The van der Waals surface area contributed by atoms with Crippen molar-refractivity contribution >= 4 is 22.4 Å². The van der Waals surface area contributed by atoms with Gasteiger partial charge in [0, 0.05) is 23.1 Å². The Hall–Kier alpha value is -2.22. The van der Waals surface area contributed by atoms with Crippen LogP contribution in [0.25, 0.3) is 10.9 Å². The van der Waals surface area contributed by atoms with Crippen molar-refractivity contribution in [2.45, 2.75) is 6.42 Å². The van der Waals surface area contributed by atoms with E-state index in [-0.39, 0.29) is 0 Å². The molecule has 2 aromatic carbocycles. The molecular formula is C16H14N2. The van der Waals surface area contributed by atoms with Crippen LogP contribution in [0.15, 0.2) is 54.6 Å². The monoisotopic (exact) mass is 234 g/mol. The first-order chi connectivity index (χ1) is 8.92. The van der Waals surface area contributed by atoms with Crippen molar-refractivity contribution in [2.75, 3.05) is 11.4 Å². The number of para-hydroxylation sites is 2. The highest BCUT2D eigenvalue weighted by atomic mass is 15.2. The molecule has 1 aliphatic rings. The van der Waals surface area contributed by atoms with Crippen LogP contribution in [0.1, 0.15) is 5.56 Å². The molecule has 0 saturated heterocycles. The number of fused-ring (bicyclic) bond motifs is 2. The number of aromatic nitrogens is 1. The molecule has 0 spiro atoms. The molecule has 0 amide bonds. The highest BCUT2D eigenvalue weighted by molar-refractivity contribution is 5.86. The third-order valence-electron chi connectivity index (χ3n) is 3.69. The van der Waals surface area contributed by atoms with Gasteiger partial charge in [0.05, 0.1) is 0 Å². The summed E-state index contributed by atoms with van der Waals surface area (Å²) in [4.78, 5) is 5.87. The van der Waals surface area contributed by atoms with Crippen LogP contribution in [-0.2, 0) is 6.42 Å². The third-order valence-corrected chi connectivity index (χ3v) is 3.69. The van der Waals surface area contributed by atoms with Gasteiger partial charge in [-0.25, -0.2) is 0 Å². The Morgan fingerprint density at radius 2 is 1.78 bits per heavy atom. The smallest absolute Gasteiger partial charge is 0.111 e. The molecule has 3 aromatic rings. The lowest BCUT2D eigenvalue weighted by Gasteiger charge is -2.17. The van der Waals surface area contributed by atoms with Gasteiger partial charge in [0.15, 0.2) is 0 Å². The fourth-order valence-electron chi connectivity index (χ4n) is 2.79. The Kier molecular flexibility index (Phi) is 1.97. The number of benzene rings is 2. The van der Waals surface area contributed by atoms with E-state index in [0.29, 0.717) is 0 Å². The van der Waals surface area contributed by atoms with Crippen LogP contribution >= 0.6 is 0 Å². The van der Waals surface area contributed by atoms with Gasteiger partial charge in [-0.15, -0.1) is 0 Å². The van der Waals surface area contributed by atoms with Crippen LogP contribution in [-0.4, -0.2) is 11.5 Å². The molecule has 1 N–H and O–H groups in total. The first-order valence-electron chi connectivity index (χ1n) is 6.35. The zero-order chi connectivity index (χ0) is 11.9. The first-order valence-corrected chi connectivity index (χ1v) is 6.35. The number of anilines is 2. The zero-order valence-corrected chi connectivity index (χ0v) is 10.1. The predicted molar refractivity (Wildman–Crippen MR) is 75.5 cm³/mol.